The van der Waals surface area contributed by atoms with Crippen molar-refractivity contribution >= 4 is 16.7 Å². The number of nitrogens with zero attached hydrogens (tertiary/aromatic N) is 2. The van der Waals surface area contributed by atoms with E-state index in [1.165, 1.54) is 11.5 Å². The zero-order chi connectivity index (χ0) is 9.90. The first kappa shape index (κ1) is 10.0. The predicted octanol–water partition coefficient (Wildman–Crippen LogP) is 2.06. The minimum absolute atomic E-state index is 0.314. The number of terminal acetylenes is 1. The number of hydrogen-bond acceptors (Lipinski definition) is 4. The second-order valence-corrected chi connectivity index (χ2v) is 3.85. The Balaban J connectivity index is 2.74. The molecule has 1 heterocycles. The van der Waals surface area contributed by atoms with Gasteiger partial charge in [0.2, 0.25) is 5.13 Å². The third kappa shape index (κ3) is 2.43. The molecule has 0 saturated carbocycles. The summed E-state index contributed by atoms with van der Waals surface area (Å²) >= 11 is 1.34. The van der Waals surface area contributed by atoms with Crippen molar-refractivity contribution in [1.82, 2.24) is 9.36 Å². The number of nitrogens with one attached hydrogen (secondary N) is 1. The van der Waals surface area contributed by atoms with E-state index in [4.69, 9.17) is 6.42 Å². The predicted molar refractivity (Wildman–Crippen MR) is 55.8 cm³/mol. The number of anilines is 1. The van der Waals surface area contributed by atoms with Crippen LogP contribution in [-0.4, -0.2) is 14.9 Å². The van der Waals surface area contributed by atoms with Gasteiger partial charge in [-0.15, -0.1) is 6.42 Å². The van der Waals surface area contributed by atoms with E-state index >= 15 is 0 Å². The first-order chi connectivity index (χ1) is 6.09. The third-order valence-corrected chi connectivity index (χ3v) is 2.66. The molecule has 1 rings (SSSR count). The highest BCUT2D eigenvalue weighted by molar-refractivity contribution is 7.09. The summed E-state index contributed by atoms with van der Waals surface area (Å²) in [4.78, 5) is 4.19. The normalized spacial score (nSPS) is 14.6. The van der Waals surface area contributed by atoms with Crippen LogP contribution in [0.4, 0.5) is 5.13 Å². The fourth-order valence-corrected chi connectivity index (χ4v) is 1.51. The first-order valence-corrected chi connectivity index (χ1v) is 4.93. The Morgan fingerprint density at radius 2 is 2.38 bits per heavy atom. The van der Waals surface area contributed by atoms with Crippen LogP contribution in [0.25, 0.3) is 0 Å². The zero-order valence-electron chi connectivity index (χ0n) is 8.09. The van der Waals surface area contributed by atoms with E-state index in [0.717, 1.165) is 17.4 Å². The van der Waals surface area contributed by atoms with Gasteiger partial charge in [-0.1, -0.05) is 12.8 Å². The van der Waals surface area contributed by atoms with Crippen molar-refractivity contribution in [3.05, 3.63) is 5.82 Å². The van der Waals surface area contributed by atoms with E-state index in [-0.39, 0.29) is 5.54 Å². The topological polar surface area (TPSA) is 37.8 Å². The molecule has 0 aliphatic rings. The maximum absolute atomic E-state index is 5.42. The van der Waals surface area contributed by atoms with Gasteiger partial charge in [0.15, 0.2) is 0 Å². The average Bonchev–Trinajstić information content (AvgIpc) is 2.51. The molecule has 4 heteroatoms. The summed E-state index contributed by atoms with van der Waals surface area (Å²) in [5, 5.41) is 3.98. The Kier molecular flexibility index (Phi) is 2.89. The first-order valence-electron chi connectivity index (χ1n) is 4.16. The van der Waals surface area contributed by atoms with Crippen LogP contribution in [0, 0.1) is 19.3 Å². The lowest BCUT2D eigenvalue weighted by Crippen LogP contribution is -2.31. The van der Waals surface area contributed by atoms with E-state index in [1.54, 1.807) is 0 Å². The maximum atomic E-state index is 5.42. The van der Waals surface area contributed by atoms with E-state index in [0.29, 0.717) is 0 Å². The van der Waals surface area contributed by atoms with Crippen LogP contribution >= 0.6 is 11.5 Å². The molecule has 1 aromatic heterocycles. The van der Waals surface area contributed by atoms with Gasteiger partial charge in [0.25, 0.3) is 0 Å². The van der Waals surface area contributed by atoms with Crippen molar-refractivity contribution < 1.29 is 0 Å². The van der Waals surface area contributed by atoms with Gasteiger partial charge >= 0.3 is 0 Å². The fraction of sp³-hybridized carbons (Fsp3) is 0.556. The molecule has 0 aliphatic carbocycles. The molecule has 1 aromatic rings. The van der Waals surface area contributed by atoms with Crippen molar-refractivity contribution in [3.63, 3.8) is 0 Å². The Bertz CT molecular complexity index is 326. The molecule has 70 valence electrons. The minimum atomic E-state index is -0.314. The molecule has 0 bridgehead atoms. The molecule has 1 N–H and O–H groups in total. The number of rotatable bonds is 3. The molecule has 0 amide bonds. The van der Waals surface area contributed by atoms with Gasteiger partial charge in [-0.05, 0) is 20.3 Å². The van der Waals surface area contributed by atoms with Crippen molar-refractivity contribution in [3.8, 4) is 12.3 Å². The summed E-state index contributed by atoms with van der Waals surface area (Å²) in [5.74, 6) is 3.49. The highest BCUT2D eigenvalue weighted by atomic mass is 32.1. The number of aromatic nitrogens is 2. The fourth-order valence-electron chi connectivity index (χ4n) is 0.810. The summed E-state index contributed by atoms with van der Waals surface area (Å²) in [7, 11) is 0. The monoisotopic (exact) mass is 195 g/mol. The van der Waals surface area contributed by atoms with E-state index in [2.05, 4.69) is 20.6 Å². The molecule has 1 atom stereocenters. The molecule has 0 aromatic carbocycles. The van der Waals surface area contributed by atoms with Crippen LogP contribution in [0.5, 0.6) is 0 Å². The second-order valence-electron chi connectivity index (χ2n) is 3.10. The SMILES string of the molecule is C#CC(C)(CC)Nc1nc(C)ns1. The van der Waals surface area contributed by atoms with Gasteiger partial charge < -0.3 is 5.32 Å². The van der Waals surface area contributed by atoms with Gasteiger partial charge in [0.05, 0.1) is 5.54 Å². The van der Waals surface area contributed by atoms with Crippen molar-refractivity contribution in [1.29, 1.82) is 0 Å². The molecular weight excluding hydrogens is 182 g/mol. The van der Waals surface area contributed by atoms with Crippen LogP contribution in [0.2, 0.25) is 0 Å². The van der Waals surface area contributed by atoms with Crippen molar-refractivity contribution in [2.45, 2.75) is 32.7 Å². The molecule has 0 spiro atoms. The van der Waals surface area contributed by atoms with Crippen LogP contribution in [0.15, 0.2) is 0 Å². The molecule has 1 unspecified atom stereocenters. The number of hydrogen-bond donors (Lipinski definition) is 1. The molecule has 0 fully saturated rings. The van der Waals surface area contributed by atoms with Crippen molar-refractivity contribution in [2.75, 3.05) is 5.32 Å². The molecule has 0 saturated heterocycles. The van der Waals surface area contributed by atoms with Crippen LogP contribution in [0.3, 0.4) is 0 Å². The van der Waals surface area contributed by atoms with Crippen molar-refractivity contribution in [2.24, 2.45) is 0 Å². The summed E-state index contributed by atoms with van der Waals surface area (Å²) < 4.78 is 4.07. The van der Waals surface area contributed by atoms with Crippen LogP contribution in [0.1, 0.15) is 26.1 Å². The standard InChI is InChI=1S/C9H13N3S/c1-5-9(4,6-2)11-8-10-7(3)12-13-8/h1H,6H2,2-4H3,(H,10,11,12). The molecule has 0 radical (unpaired) electrons. The summed E-state index contributed by atoms with van der Waals surface area (Å²) in [6.07, 6.45) is 6.28. The smallest absolute Gasteiger partial charge is 0.203 e. The molecule has 13 heavy (non-hydrogen) atoms. The van der Waals surface area contributed by atoms with E-state index < -0.39 is 0 Å². The van der Waals surface area contributed by atoms with E-state index in [1.807, 2.05) is 20.8 Å². The lowest BCUT2D eigenvalue weighted by atomic mass is 10.0. The molecule has 3 nitrogen and oxygen atoms in total. The highest BCUT2D eigenvalue weighted by Crippen LogP contribution is 2.18. The second kappa shape index (κ2) is 3.75. The quantitative estimate of drug-likeness (QED) is 0.750. The average molecular weight is 195 g/mol. The Labute approximate surface area is 82.8 Å². The number of aryl methyl sites for hydroxylation is 1. The largest absolute Gasteiger partial charge is 0.344 e. The third-order valence-electron chi connectivity index (χ3n) is 1.94. The van der Waals surface area contributed by atoms with Gasteiger partial charge in [0.1, 0.15) is 5.82 Å². The maximum Gasteiger partial charge on any atom is 0.203 e. The summed E-state index contributed by atoms with van der Waals surface area (Å²) in [6, 6.07) is 0. The summed E-state index contributed by atoms with van der Waals surface area (Å²) in [5.41, 5.74) is -0.314. The molecule has 0 aliphatic heterocycles. The van der Waals surface area contributed by atoms with Gasteiger partial charge in [0, 0.05) is 11.5 Å². The highest BCUT2D eigenvalue weighted by Gasteiger charge is 2.19. The van der Waals surface area contributed by atoms with Crippen LogP contribution < -0.4 is 5.32 Å². The zero-order valence-corrected chi connectivity index (χ0v) is 8.90. The minimum Gasteiger partial charge on any atom is -0.344 e. The lowest BCUT2D eigenvalue weighted by molar-refractivity contribution is 0.634. The Morgan fingerprint density at radius 3 is 2.77 bits per heavy atom. The summed E-state index contributed by atoms with van der Waals surface area (Å²) in [6.45, 7) is 5.88. The van der Waals surface area contributed by atoms with Gasteiger partial charge in [-0.3, -0.25) is 0 Å². The Hall–Kier alpha value is -1.08. The van der Waals surface area contributed by atoms with Gasteiger partial charge in [-0.25, -0.2) is 4.98 Å². The molecular formula is C9H13N3S. The van der Waals surface area contributed by atoms with E-state index in [9.17, 15) is 0 Å². The lowest BCUT2D eigenvalue weighted by Gasteiger charge is -2.22. The Morgan fingerprint density at radius 1 is 1.69 bits per heavy atom. The van der Waals surface area contributed by atoms with Crippen LogP contribution in [-0.2, 0) is 0 Å². The van der Waals surface area contributed by atoms with Gasteiger partial charge in [-0.2, -0.15) is 4.37 Å².